The number of hydrogen-bond acceptors (Lipinski definition) is 0. The maximum absolute atomic E-state index is 2.39. The van der Waals surface area contributed by atoms with Crippen molar-refractivity contribution in [1.82, 2.24) is 0 Å². The van der Waals surface area contributed by atoms with Gasteiger partial charge in [-0.2, -0.15) is 0 Å². The van der Waals surface area contributed by atoms with Crippen LogP contribution in [-0.2, 0) is 21.7 Å². The molecule has 0 unspecified atom stereocenters. The van der Waals surface area contributed by atoms with Gasteiger partial charge in [-0.15, -0.1) is 0 Å². The molecule has 0 saturated heterocycles. The lowest BCUT2D eigenvalue weighted by molar-refractivity contribution is 0.590. The molecule has 1 saturated carbocycles. The van der Waals surface area contributed by atoms with Gasteiger partial charge in [0, 0.05) is 5.41 Å². The van der Waals surface area contributed by atoms with Crippen molar-refractivity contribution in [3.63, 3.8) is 0 Å². The van der Waals surface area contributed by atoms with Crippen LogP contribution in [0, 0.1) is 0 Å². The van der Waals surface area contributed by atoms with Gasteiger partial charge in [-0.25, -0.2) is 0 Å². The summed E-state index contributed by atoms with van der Waals surface area (Å²) in [5.41, 5.74) is 23.4. The fraction of sp³-hybridized carbons (Fsp3) is 0.217. The highest BCUT2D eigenvalue weighted by Gasteiger charge is 2.57. The van der Waals surface area contributed by atoms with Crippen LogP contribution in [0.5, 0.6) is 0 Å². The van der Waals surface area contributed by atoms with E-state index in [0.29, 0.717) is 5.92 Å². The molecule has 1 atom stereocenters. The molecule has 0 aliphatic heterocycles. The molecule has 0 spiro atoms. The molecule has 0 heteroatoms. The SMILES string of the molecule is CC(C)(C)c1ccc(-c2ccc(-c3ccc([C@H]4CC4(c4ccc(-c5ccc(-c6ccc(C(C)(C)C)cc6)cc5)cc4)c4ccc(-c5ccc(-c6ccc(C(C)(C)C)cc6)cc5)cc4)cc3)cc2)cc1. The summed E-state index contributed by atoms with van der Waals surface area (Å²) in [6, 6.07) is 82.6. The van der Waals surface area contributed by atoms with E-state index < -0.39 is 0 Å². The summed E-state index contributed by atoms with van der Waals surface area (Å²) in [7, 11) is 0. The Hall–Kier alpha value is -7.02. The minimum absolute atomic E-state index is 0.116. The Morgan fingerprint density at radius 2 is 0.420 bits per heavy atom. The quantitative estimate of drug-likeness (QED) is 0.135. The van der Waals surface area contributed by atoms with E-state index >= 15 is 0 Å². The van der Waals surface area contributed by atoms with E-state index in [4.69, 9.17) is 0 Å². The third kappa shape index (κ3) is 9.43. The molecule has 69 heavy (non-hydrogen) atoms. The van der Waals surface area contributed by atoms with Crippen LogP contribution in [0.15, 0.2) is 218 Å². The highest BCUT2D eigenvalue weighted by Crippen LogP contribution is 2.64. The average molecular weight is 895 g/mol. The Kier molecular flexibility index (Phi) is 11.8. The van der Waals surface area contributed by atoms with Gasteiger partial charge in [0.2, 0.25) is 0 Å². The zero-order valence-electron chi connectivity index (χ0n) is 42.1. The number of rotatable bonds is 9. The van der Waals surface area contributed by atoms with Crippen LogP contribution >= 0.6 is 0 Å². The van der Waals surface area contributed by atoms with Gasteiger partial charge >= 0.3 is 0 Å². The van der Waals surface area contributed by atoms with Crippen molar-refractivity contribution in [3.05, 3.63) is 252 Å². The molecule has 0 amide bonds. The monoisotopic (exact) mass is 895 g/mol. The fourth-order valence-electron chi connectivity index (χ4n) is 10.4. The minimum atomic E-state index is -0.116. The zero-order chi connectivity index (χ0) is 48.1. The lowest BCUT2D eigenvalue weighted by Gasteiger charge is -2.21. The molecule has 1 aliphatic rings. The van der Waals surface area contributed by atoms with Gasteiger partial charge in [-0.3, -0.25) is 0 Å². The molecule has 0 radical (unpaired) electrons. The molecule has 9 aromatic carbocycles. The summed E-state index contributed by atoms with van der Waals surface area (Å²) in [4.78, 5) is 0. The first-order chi connectivity index (χ1) is 33.0. The summed E-state index contributed by atoms with van der Waals surface area (Å²) in [5.74, 6) is 0.370. The lowest BCUT2D eigenvalue weighted by atomic mass is 9.82. The number of benzene rings is 9. The van der Waals surface area contributed by atoms with E-state index in [1.54, 1.807) is 0 Å². The van der Waals surface area contributed by atoms with Gasteiger partial charge < -0.3 is 0 Å². The second-order valence-corrected chi connectivity index (χ2v) is 22.7. The molecule has 0 nitrogen and oxygen atoms in total. The van der Waals surface area contributed by atoms with Crippen LogP contribution in [0.1, 0.15) is 108 Å². The van der Waals surface area contributed by atoms with Crippen molar-refractivity contribution >= 4 is 0 Å². The van der Waals surface area contributed by atoms with Gasteiger partial charge in [0.1, 0.15) is 0 Å². The van der Waals surface area contributed by atoms with Crippen molar-refractivity contribution in [3.8, 4) is 66.8 Å². The van der Waals surface area contributed by atoms with Gasteiger partial charge in [-0.05, 0) is 129 Å². The molecule has 0 N–H and O–H groups in total. The Labute approximate surface area is 412 Å². The molecule has 10 rings (SSSR count). The molecule has 1 aliphatic carbocycles. The second-order valence-electron chi connectivity index (χ2n) is 22.7. The molecular formula is C69H66. The summed E-state index contributed by atoms with van der Waals surface area (Å²) in [6.07, 6.45) is 1.07. The lowest BCUT2D eigenvalue weighted by Crippen LogP contribution is -2.12. The smallest absolute Gasteiger partial charge is 0.0278 e. The largest absolute Gasteiger partial charge is 0.0581 e. The Balaban J connectivity index is 0.914. The topological polar surface area (TPSA) is 0 Å². The Morgan fingerprint density at radius 3 is 0.623 bits per heavy atom. The number of hydrogen-bond donors (Lipinski definition) is 0. The maximum Gasteiger partial charge on any atom is 0.0278 e. The third-order valence-corrected chi connectivity index (χ3v) is 15.0. The standard InChI is InChI=1S/C69H66/c1-66(2,3)60-36-26-54(27-37-60)48-12-10-47(11-13-48)53-22-24-59(25-23-53)65-46-69(65,63-42-32-57(33-43-63)51-18-14-49(15-19-51)55-28-38-61(39-29-55)67(4,5)6)64-44-34-58(35-45-64)52-20-16-50(17-21-52)56-30-40-62(41-31-56)68(7,8)9/h10-45,65H,46H2,1-9H3/t65-/m1/s1. The maximum atomic E-state index is 2.39. The molecule has 9 aromatic rings. The summed E-state index contributed by atoms with van der Waals surface area (Å²) < 4.78 is 0. The van der Waals surface area contributed by atoms with Gasteiger partial charge in [-0.1, -0.05) is 281 Å². The van der Waals surface area contributed by atoms with Crippen molar-refractivity contribution in [2.45, 2.75) is 96.3 Å². The van der Waals surface area contributed by atoms with Crippen LogP contribution < -0.4 is 0 Å². The van der Waals surface area contributed by atoms with E-state index in [-0.39, 0.29) is 21.7 Å². The first kappa shape index (κ1) is 45.7. The van der Waals surface area contributed by atoms with Crippen LogP contribution in [0.4, 0.5) is 0 Å². The fourth-order valence-corrected chi connectivity index (χ4v) is 10.4. The van der Waals surface area contributed by atoms with Gasteiger partial charge in [0.05, 0.1) is 0 Å². The zero-order valence-corrected chi connectivity index (χ0v) is 42.1. The minimum Gasteiger partial charge on any atom is -0.0581 e. The molecule has 0 bridgehead atoms. The van der Waals surface area contributed by atoms with E-state index in [0.717, 1.165) is 6.42 Å². The van der Waals surface area contributed by atoms with Crippen LogP contribution in [0.3, 0.4) is 0 Å². The highest BCUT2D eigenvalue weighted by atomic mass is 14.6. The molecule has 0 aromatic heterocycles. The first-order valence-corrected chi connectivity index (χ1v) is 25.0. The van der Waals surface area contributed by atoms with Gasteiger partial charge in [0.15, 0.2) is 0 Å². The predicted octanol–water partition coefficient (Wildman–Crippen LogP) is 19.1. The van der Waals surface area contributed by atoms with Crippen molar-refractivity contribution in [2.75, 3.05) is 0 Å². The predicted molar refractivity (Wildman–Crippen MR) is 296 cm³/mol. The highest BCUT2D eigenvalue weighted by molar-refractivity contribution is 5.75. The third-order valence-electron chi connectivity index (χ3n) is 15.0. The van der Waals surface area contributed by atoms with E-state index in [2.05, 4.69) is 281 Å². The van der Waals surface area contributed by atoms with Crippen LogP contribution in [-0.4, -0.2) is 0 Å². The first-order valence-electron chi connectivity index (χ1n) is 25.0. The van der Waals surface area contributed by atoms with Crippen molar-refractivity contribution < 1.29 is 0 Å². The molecule has 342 valence electrons. The molecule has 1 fully saturated rings. The summed E-state index contributed by atoms with van der Waals surface area (Å²) in [5, 5.41) is 0. The summed E-state index contributed by atoms with van der Waals surface area (Å²) in [6.45, 7) is 20.4. The van der Waals surface area contributed by atoms with E-state index in [1.807, 2.05) is 0 Å². The normalized spacial score (nSPS) is 14.7. The van der Waals surface area contributed by atoms with Crippen molar-refractivity contribution in [2.24, 2.45) is 0 Å². The molecular weight excluding hydrogens is 829 g/mol. The summed E-state index contributed by atoms with van der Waals surface area (Å²) >= 11 is 0. The van der Waals surface area contributed by atoms with Crippen molar-refractivity contribution in [1.29, 1.82) is 0 Å². The van der Waals surface area contributed by atoms with E-state index in [9.17, 15) is 0 Å². The van der Waals surface area contributed by atoms with Gasteiger partial charge in [0.25, 0.3) is 0 Å². The second kappa shape index (κ2) is 17.8. The molecule has 0 heterocycles. The Bertz CT molecular complexity index is 3020. The Morgan fingerprint density at radius 1 is 0.246 bits per heavy atom. The van der Waals surface area contributed by atoms with E-state index in [1.165, 1.54) is 100 Å². The van der Waals surface area contributed by atoms with Crippen LogP contribution in [0.25, 0.3) is 66.8 Å². The van der Waals surface area contributed by atoms with Crippen LogP contribution in [0.2, 0.25) is 0 Å². The average Bonchev–Trinajstić information content (AvgIpc) is 4.13.